The highest BCUT2D eigenvalue weighted by Gasteiger charge is 1.91. The van der Waals surface area contributed by atoms with E-state index in [4.69, 9.17) is 0 Å². The number of hydrogen-bond acceptors (Lipinski definition) is 1. The van der Waals surface area contributed by atoms with E-state index in [1.165, 1.54) is 0 Å². The lowest BCUT2D eigenvalue weighted by Crippen LogP contribution is -2.20. The van der Waals surface area contributed by atoms with Crippen LogP contribution >= 0.6 is 0 Å². The van der Waals surface area contributed by atoms with E-state index in [-0.39, 0.29) is 5.91 Å². The van der Waals surface area contributed by atoms with E-state index in [9.17, 15) is 4.79 Å². The van der Waals surface area contributed by atoms with Crippen molar-refractivity contribution in [3.8, 4) is 0 Å². The van der Waals surface area contributed by atoms with Crippen molar-refractivity contribution >= 4 is 12.1 Å². The second-order valence-corrected chi connectivity index (χ2v) is 3.12. The molecule has 0 fully saturated rings. The Kier molecular flexibility index (Phi) is 6.34. The van der Waals surface area contributed by atoms with Gasteiger partial charge < -0.3 is 5.32 Å². The van der Waals surface area contributed by atoms with Crippen molar-refractivity contribution in [1.82, 2.24) is 5.32 Å². The van der Waals surface area contributed by atoms with Crippen molar-refractivity contribution in [3.05, 3.63) is 0 Å². The maximum Gasteiger partial charge on any atom is 0.216 e. The van der Waals surface area contributed by atoms with Gasteiger partial charge in [0, 0.05) is 19.9 Å². The van der Waals surface area contributed by atoms with E-state index in [1.54, 1.807) is 6.92 Å². The topological polar surface area (TPSA) is 32.1 Å². The van der Waals surface area contributed by atoms with Crippen LogP contribution in [0.3, 0.4) is 0 Å². The van der Waals surface area contributed by atoms with Gasteiger partial charge in [-0.25, -0.2) is 4.58 Å². The van der Waals surface area contributed by atoms with Crippen molar-refractivity contribution in [1.29, 1.82) is 0 Å². The molecule has 0 aliphatic heterocycles. The molecule has 0 spiro atoms. The summed E-state index contributed by atoms with van der Waals surface area (Å²) in [5.74, 6) is 0.0617. The molecule has 0 atom stereocenters. The van der Waals surface area contributed by atoms with Gasteiger partial charge in [0.1, 0.15) is 20.3 Å². The smallest absolute Gasteiger partial charge is 0.216 e. The van der Waals surface area contributed by atoms with E-state index in [0.717, 1.165) is 25.8 Å². The molecule has 0 bridgehead atoms. The summed E-state index contributed by atoms with van der Waals surface area (Å²) >= 11 is 0. The highest BCUT2D eigenvalue weighted by Crippen LogP contribution is 1.90. The molecule has 0 aromatic rings. The second kappa shape index (κ2) is 6.83. The fraction of sp³-hybridized carbons (Fsp3) is 0.778. The molecule has 3 heteroatoms. The Balaban J connectivity index is 3.11. The van der Waals surface area contributed by atoms with Gasteiger partial charge in [0.25, 0.3) is 0 Å². The Hall–Kier alpha value is -0.860. The molecule has 0 rings (SSSR count). The quantitative estimate of drug-likeness (QED) is 0.214. The van der Waals surface area contributed by atoms with Crippen LogP contribution in [0.5, 0.6) is 0 Å². The number of carbonyl (C=O) groups excluding carboxylic acids is 1. The number of amides is 1. The van der Waals surface area contributed by atoms with Crippen LogP contribution in [0.2, 0.25) is 0 Å². The van der Waals surface area contributed by atoms with Gasteiger partial charge in [-0.2, -0.15) is 0 Å². The van der Waals surface area contributed by atoms with Crippen LogP contribution in [0, 0.1) is 0 Å². The minimum Gasteiger partial charge on any atom is -0.356 e. The standard InChI is InChI=1S/C9H18N2O/c1-9(12)10-7-5-4-6-8-11(2)3/h8H,4-7H2,1-3H3/p+1/i2+1,3+1,10+1. The number of unbranched alkanes of at least 4 members (excludes halogenated alkanes) is 2. The molecule has 0 aliphatic rings. The molecule has 0 saturated heterocycles. The van der Waals surface area contributed by atoms with Crippen LogP contribution < -0.4 is 5.32 Å². The minimum atomic E-state index is 0.0617. The zero-order valence-electron chi connectivity index (χ0n) is 8.26. The van der Waals surface area contributed by atoms with Crippen LogP contribution in [-0.2, 0) is 4.79 Å². The van der Waals surface area contributed by atoms with E-state index in [1.807, 2.05) is 14.1 Å². The average Bonchev–Trinajstić information content (AvgIpc) is 1.95. The molecule has 3 nitrogen and oxygen atoms in total. The first kappa shape index (κ1) is 11.1. The maximum atomic E-state index is 10.5. The summed E-state index contributed by atoms with van der Waals surface area (Å²) in [6.07, 6.45) is 5.43. The summed E-state index contributed by atoms with van der Waals surface area (Å²) in [6.45, 7) is 2.35. The monoisotopic (exact) mass is 174 g/mol. The minimum absolute atomic E-state index is 0.0617. The van der Waals surface area contributed by atoms with Gasteiger partial charge in [-0.1, -0.05) is 0 Å². The lowest BCUT2D eigenvalue weighted by Gasteiger charge is -1.98. The highest BCUT2D eigenvalue weighted by molar-refractivity contribution is 5.72. The lowest BCUT2D eigenvalue weighted by molar-refractivity contribution is -0.460. The SMILES string of the molecule is CC(=O)[15NH]CCCCC=[N+]([13CH3])[13CH3]. The second-order valence-electron chi connectivity index (χ2n) is 3.12. The third-order valence-electron chi connectivity index (χ3n) is 1.50. The van der Waals surface area contributed by atoms with Crippen LogP contribution in [0.25, 0.3) is 0 Å². The van der Waals surface area contributed by atoms with Crippen molar-refractivity contribution in [2.75, 3.05) is 20.6 Å². The summed E-state index contributed by atoms with van der Waals surface area (Å²) in [5, 5.41) is 2.77. The van der Waals surface area contributed by atoms with Gasteiger partial charge in [-0.15, -0.1) is 0 Å². The molecular weight excluding hydrogens is 155 g/mol. The van der Waals surface area contributed by atoms with Gasteiger partial charge in [-0.05, 0) is 12.8 Å². The van der Waals surface area contributed by atoms with Gasteiger partial charge in [-0.3, -0.25) is 4.79 Å². The molecule has 0 radical (unpaired) electrons. The van der Waals surface area contributed by atoms with Crippen molar-refractivity contribution < 1.29 is 9.37 Å². The zero-order chi connectivity index (χ0) is 9.40. The first-order valence-electron chi connectivity index (χ1n) is 4.37. The number of nitrogens with one attached hydrogen (secondary N) is 1. The Labute approximate surface area is 74.5 Å². The number of carbonyl (C=O) groups is 1. The number of rotatable bonds is 5. The summed E-state index contributed by atoms with van der Waals surface area (Å²) in [6, 6.07) is 0. The largest absolute Gasteiger partial charge is 0.356 e. The van der Waals surface area contributed by atoms with Crippen molar-refractivity contribution in [2.45, 2.75) is 26.2 Å². The molecular formula is C9H19N2O+. The van der Waals surface area contributed by atoms with Crippen molar-refractivity contribution in [2.24, 2.45) is 0 Å². The van der Waals surface area contributed by atoms with Crippen LogP contribution in [0.15, 0.2) is 0 Å². The predicted molar refractivity (Wildman–Crippen MR) is 50.7 cm³/mol. The van der Waals surface area contributed by atoms with Crippen molar-refractivity contribution in [3.63, 3.8) is 0 Å². The fourth-order valence-corrected chi connectivity index (χ4v) is 0.883. The molecule has 0 aromatic heterocycles. The predicted octanol–water partition coefficient (Wildman–Crippen LogP) is 0.636. The van der Waals surface area contributed by atoms with Gasteiger partial charge in [0.15, 0.2) is 0 Å². The molecule has 1 amide bonds. The molecule has 0 saturated carbocycles. The summed E-state index contributed by atoms with van der Waals surface area (Å²) < 4.78 is 2.05. The number of hydrogen-bond donors (Lipinski definition) is 1. The maximum absolute atomic E-state index is 10.5. The van der Waals surface area contributed by atoms with Gasteiger partial charge in [0.2, 0.25) is 5.91 Å². The Morgan fingerprint density at radius 1 is 1.42 bits per heavy atom. The van der Waals surface area contributed by atoms with E-state index >= 15 is 0 Å². The summed E-state index contributed by atoms with van der Waals surface area (Å²) in [4.78, 5) is 10.5. The molecule has 0 aromatic carbocycles. The van der Waals surface area contributed by atoms with Crippen LogP contribution in [0.1, 0.15) is 26.2 Å². The first-order valence-corrected chi connectivity index (χ1v) is 4.37. The Morgan fingerprint density at radius 3 is 2.58 bits per heavy atom. The normalized spacial score (nSPS) is 9.25. The molecule has 0 aliphatic carbocycles. The Morgan fingerprint density at radius 2 is 2.08 bits per heavy atom. The molecule has 12 heavy (non-hydrogen) atoms. The number of nitrogens with zero attached hydrogens (tertiary/aromatic N) is 1. The highest BCUT2D eigenvalue weighted by atomic mass is 16.2. The van der Waals surface area contributed by atoms with E-state index in [0.29, 0.717) is 0 Å². The Bertz CT molecular complexity index is 160. The summed E-state index contributed by atoms with van der Waals surface area (Å²) in [5.41, 5.74) is 0. The van der Waals surface area contributed by atoms with Gasteiger partial charge >= 0.3 is 0 Å². The lowest BCUT2D eigenvalue weighted by atomic mass is 10.2. The summed E-state index contributed by atoms with van der Waals surface area (Å²) in [7, 11) is 4.04. The van der Waals surface area contributed by atoms with Crippen LogP contribution in [-0.4, -0.2) is 37.3 Å². The van der Waals surface area contributed by atoms with E-state index in [2.05, 4.69) is 16.1 Å². The molecule has 0 unspecified atom stereocenters. The van der Waals surface area contributed by atoms with E-state index < -0.39 is 0 Å². The fourth-order valence-electron chi connectivity index (χ4n) is 0.883. The van der Waals surface area contributed by atoms with Gasteiger partial charge in [0.05, 0.1) is 0 Å². The molecule has 1 N–H and O–H groups in total. The first-order chi connectivity index (χ1) is 5.63. The average molecular weight is 174 g/mol. The third kappa shape index (κ3) is 9.14. The van der Waals surface area contributed by atoms with Crippen LogP contribution in [0.4, 0.5) is 0 Å². The molecule has 0 heterocycles. The zero-order valence-corrected chi connectivity index (χ0v) is 8.26. The molecule has 70 valence electrons. The third-order valence-corrected chi connectivity index (χ3v) is 1.50.